The van der Waals surface area contributed by atoms with Crippen molar-refractivity contribution in [3.63, 3.8) is 0 Å². The fourth-order valence-electron chi connectivity index (χ4n) is 1.94. The molecule has 1 aromatic heterocycles. The van der Waals surface area contributed by atoms with Crippen molar-refractivity contribution >= 4 is 0 Å². The van der Waals surface area contributed by atoms with Gasteiger partial charge in [0.25, 0.3) is 5.56 Å². The first-order valence-electron chi connectivity index (χ1n) is 6.20. The molecule has 0 saturated carbocycles. The Hall–Kier alpha value is -1.87. The van der Waals surface area contributed by atoms with Crippen molar-refractivity contribution in [2.75, 3.05) is 0 Å². The van der Waals surface area contributed by atoms with Crippen LogP contribution < -0.4 is 11.3 Å². The van der Waals surface area contributed by atoms with E-state index in [-0.39, 0.29) is 12.1 Å². The van der Waals surface area contributed by atoms with Crippen molar-refractivity contribution < 1.29 is 0 Å². The maximum atomic E-state index is 12.0. The standard InChI is InChI=1S/C15H18N2O/c1-2-12-5-7-13(8-6-12)11-17-9-3-4-14(10-16)15(17)18/h3-9H,2,10-11,16H2,1H3. The lowest BCUT2D eigenvalue weighted by Crippen LogP contribution is -2.24. The molecular weight excluding hydrogens is 224 g/mol. The summed E-state index contributed by atoms with van der Waals surface area (Å²) in [4.78, 5) is 12.0. The third-order valence-electron chi connectivity index (χ3n) is 3.10. The highest BCUT2D eigenvalue weighted by Crippen LogP contribution is 2.06. The van der Waals surface area contributed by atoms with Gasteiger partial charge in [0.1, 0.15) is 0 Å². The lowest BCUT2D eigenvalue weighted by molar-refractivity contribution is 0.743. The van der Waals surface area contributed by atoms with Crippen LogP contribution in [0.3, 0.4) is 0 Å². The Morgan fingerprint density at radius 3 is 2.39 bits per heavy atom. The third kappa shape index (κ3) is 2.68. The molecule has 0 spiro atoms. The van der Waals surface area contributed by atoms with E-state index in [2.05, 4.69) is 31.2 Å². The van der Waals surface area contributed by atoms with Gasteiger partial charge in [0.05, 0.1) is 6.54 Å². The Bertz CT molecular complexity index is 570. The summed E-state index contributed by atoms with van der Waals surface area (Å²) in [5.41, 5.74) is 8.63. The van der Waals surface area contributed by atoms with Crippen molar-refractivity contribution in [1.29, 1.82) is 0 Å². The Morgan fingerprint density at radius 1 is 1.11 bits per heavy atom. The van der Waals surface area contributed by atoms with Gasteiger partial charge in [0, 0.05) is 18.3 Å². The van der Waals surface area contributed by atoms with E-state index in [1.54, 1.807) is 16.8 Å². The molecule has 2 rings (SSSR count). The lowest BCUT2D eigenvalue weighted by Gasteiger charge is -2.08. The minimum absolute atomic E-state index is 0.000400. The van der Waals surface area contributed by atoms with Gasteiger partial charge in [-0.2, -0.15) is 0 Å². The number of nitrogens with two attached hydrogens (primary N) is 1. The van der Waals surface area contributed by atoms with Gasteiger partial charge in [0.2, 0.25) is 0 Å². The van der Waals surface area contributed by atoms with E-state index in [1.807, 2.05) is 6.07 Å². The average Bonchev–Trinajstić information content (AvgIpc) is 2.42. The molecule has 1 heterocycles. The van der Waals surface area contributed by atoms with Crippen LogP contribution in [0.1, 0.15) is 23.6 Å². The summed E-state index contributed by atoms with van der Waals surface area (Å²) in [6, 6.07) is 12.0. The number of benzene rings is 1. The molecule has 0 bridgehead atoms. The fraction of sp³-hybridized carbons (Fsp3) is 0.267. The van der Waals surface area contributed by atoms with Gasteiger partial charge in [-0.3, -0.25) is 4.79 Å². The summed E-state index contributed by atoms with van der Waals surface area (Å²) in [7, 11) is 0. The number of hydrogen-bond acceptors (Lipinski definition) is 2. The minimum atomic E-state index is -0.000400. The predicted molar refractivity (Wildman–Crippen MR) is 73.5 cm³/mol. The third-order valence-corrected chi connectivity index (χ3v) is 3.10. The average molecular weight is 242 g/mol. The highest BCUT2D eigenvalue weighted by Gasteiger charge is 2.02. The van der Waals surface area contributed by atoms with Crippen molar-refractivity contribution in [3.05, 3.63) is 69.6 Å². The Labute approximate surface area is 107 Å². The van der Waals surface area contributed by atoms with Crippen molar-refractivity contribution in [2.24, 2.45) is 5.73 Å². The molecule has 0 atom stereocenters. The first-order valence-corrected chi connectivity index (χ1v) is 6.20. The van der Waals surface area contributed by atoms with E-state index >= 15 is 0 Å². The molecule has 0 fully saturated rings. The number of nitrogens with zero attached hydrogens (tertiary/aromatic N) is 1. The fourth-order valence-corrected chi connectivity index (χ4v) is 1.94. The van der Waals surface area contributed by atoms with E-state index in [0.29, 0.717) is 12.1 Å². The summed E-state index contributed by atoms with van der Waals surface area (Å²) < 4.78 is 1.70. The lowest BCUT2D eigenvalue weighted by atomic mass is 10.1. The number of hydrogen-bond donors (Lipinski definition) is 1. The van der Waals surface area contributed by atoms with E-state index in [0.717, 1.165) is 12.0 Å². The quantitative estimate of drug-likeness (QED) is 0.890. The summed E-state index contributed by atoms with van der Waals surface area (Å²) in [6.45, 7) is 3.01. The first-order chi connectivity index (χ1) is 8.74. The van der Waals surface area contributed by atoms with Gasteiger partial charge in [0.15, 0.2) is 0 Å². The second-order valence-electron chi connectivity index (χ2n) is 4.34. The van der Waals surface area contributed by atoms with E-state index in [1.165, 1.54) is 5.56 Å². The molecule has 1 aromatic carbocycles. The van der Waals surface area contributed by atoms with Crippen LogP contribution in [0, 0.1) is 0 Å². The summed E-state index contributed by atoms with van der Waals surface area (Å²) in [5.74, 6) is 0. The van der Waals surface area contributed by atoms with Gasteiger partial charge >= 0.3 is 0 Å². The molecule has 0 aliphatic carbocycles. The van der Waals surface area contributed by atoms with Crippen LogP contribution in [-0.2, 0) is 19.5 Å². The van der Waals surface area contributed by atoms with Gasteiger partial charge < -0.3 is 10.3 Å². The van der Waals surface area contributed by atoms with Crippen LogP contribution in [0.25, 0.3) is 0 Å². The Balaban J connectivity index is 2.25. The van der Waals surface area contributed by atoms with E-state index < -0.39 is 0 Å². The predicted octanol–water partition coefficient (Wildman–Crippen LogP) is 1.92. The molecule has 0 amide bonds. The summed E-state index contributed by atoms with van der Waals surface area (Å²) >= 11 is 0. The summed E-state index contributed by atoms with van der Waals surface area (Å²) in [5, 5.41) is 0. The molecule has 2 aromatic rings. The number of aryl methyl sites for hydroxylation is 1. The second-order valence-corrected chi connectivity index (χ2v) is 4.34. The van der Waals surface area contributed by atoms with Gasteiger partial charge in [-0.15, -0.1) is 0 Å². The van der Waals surface area contributed by atoms with Crippen LogP contribution >= 0.6 is 0 Å². The molecule has 0 aliphatic heterocycles. The zero-order valence-corrected chi connectivity index (χ0v) is 10.6. The number of aromatic nitrogens is 1. The molecular formula is C15H18N2O. The SMILES string of the molecule is CCc1ccc(Cn2cccc(CN)c2=O)cc1. The van der Waals surface area contributed by atoms with Crippen LogP contribution in [-0.4, -0.2) is 4.57 Å². The summed E-state index contributed by atoms with van der Waals surface area (Å²) in [6.07, 6.45) is 2.83. The normalized spacial score (nSPS) is 10.6. The zero-order valence-electron chi connectivity index (χ0n) is 10.6. The maximum Gasteiger partial charge on any atom is 0.255 e. The highest BCUT2D eigenvalue weighted by atomic mass is 16.1. The van der Waals surface area contributed by atoms with Crippen LogP contribution in [0.5, 0.6) is 0 Å². The minimum Gasteiger partial charge on any atom is -0.326 e. The van der Waals surface area contributed by atoms with Crippen LogP contribution in [0.2, 0.25) is 0 Å². The highest BCUT2D eigenvalue weighted by molar-refractivity contribution is 5.23. The number of pyridine rings is 1. The van der Waals surface area contributed by atoms with Gasteiger partial charge in [-0.25, -0.2) is 0 Å². The molecule has 3 heteroatoms. The zero-order chi connectivity index (χ0) is 13.0. The Morgan fingerprint density at radius 2 is 1.78 bits per heavy atom. The van der Waals surface area contributed by atoms with Gasteiger partial charge in [-0.1, -0.05) is 37.3 Å². The molecule has 94 valence electrons. The van der Waals surface area contributed by atoms with Gasteiger partial charge in [-0.05, 0) is 23.6 Å². The molecule has 0 aliphatic rings. The second kappa shape index (κ2) is 5.65. The van der Waals surface area contributed by atoms with Crippen molar-refractivity contribution in [2.45, 2.75) is 26.4 Å². The molecule has 18 heavy (non-hydrogen) atoms. The van der Waals surface area contributed by atoms with Crippen molar-refractivity contribution in [3.8, 4) is 0 Å². The monoisotopic (exact) mass is 242 g/mol. The first kappa shape index (κ1) is 12.6. The van der Waals surface area contributed by atoms with Crippen LogP contribution in [0.15, 0.2) is 47.4 Å². The van der Waals surface area contributed by atoms with E-state index in [9.17, 15) is 4.79 Å². The molecule has 2 N–H and O–H groups in total. The topological polar surface area (TPSA) is 48.0 Å². The Kier molecular flexibility index (Phi) is 3.95. The van der Waals surface area contributed by atoms with Crippen molar-refractivity contribution in [1.82, 2.24) is 4.57 Å². The maximum absolute atomic E-state index is 12.0. The molecule has 0 saturated heterocycles. The smallest absolute Gasteiger partial charge is 0.255 e. The van der Waals surface area contributed by atoms with E-state index in [4.69, 9.17) is 5.73 Å². The molecule has 3 nitrogen and oxygen atoms in total. The molecule has 0 unspecified atom stereocenters. The number of rotatable bonds is 4. The van der Waals surface area contributed by atoms with Crippen LogP contribution in [0.4, 0.5) is 0 Å². The largest absolute Gasteiger partial charge is 0.326 e. The molecule has 0 radical (unpaired) electrons.